The van der Waals surface area contributed by atoms with Gasteiger partial charge in [-0.1, -0.05) is 13.8 Å². The fraction of sp³-hybridized carbons (Fsp3) is 0.600. The summed E-state index contributed by atoms with van der Waals surface area (Å²) in [5.41, 5.74) is -3.91. The first-order valence-electron chi connectivity index (χ1n) is 7.52. The fourth-order valence-electron chi connectivity index (χ4n) is 2.47. The Morgan fingerprint density at radius 3 is 1.69 bits per heavy atom. The Hall–Kier alpha value is -1.33. The quantitative estimate of drug-likeness (QED) is 0.711. The van der Waals surface area contributed by atoms with E-state index >= 15 is 0 Å². The van der Waals surface area contributed by atoms with E-state index in [0.717, 1.165) is 4.90 Å². The van der Waals surface area contributed by atoms with Crippen LogP contribution >= 0.6 is 0 Å². The Morgan fingerprint density at radius 2 is 1.35 bits per heavy atom. The first-order valence-corrected chi connectivity index (χ1v) is 9.00. The smallest absolute Gasteiger partial charge is 0.339 e. The minimum atomic E-state index is -5.11. The highest BCUT2D eigenvalue weighted by atomic mass is 32.2. The summed E-state index contributed by atoms with van der Waals surface area (Å²) in [7, 11) is -0.890. The zero-order valence-electron chi connectivity index (χ0n) is 14.6. The Kier molecular flexibility index (Phi) is 6.42. The fourth-order valence-corrected chi connectivity index (χ4v) is 3.79. The van der Waals surface area contributed by atoms with Crippen molar-refractivity contribution in [3.63, 3.8) is 0 Å². The van der Waals surface area contributed by atoms with Crippen molar-refractivity contribution < 1.29 is 39.7 Å². The van der Waals surface area contributed by atoms with Gasteiger partial charge in [-0.15, -0.1) is 0 Å². The predicted octanol–water partition coefficient (Wildman–Crippen LogP) is 2.17. The maximum atomic E-state index is 12.9. The Balaban J connectivity index is 3.27. The van der Waals surface area contributed by atoms with Crippen molar-refractivity contribution in [1.29, 1.82) is 0 Å². The van der Waals surface area contributed by atoms with E-state index < -0.39 is 43.8 Å². The largest absolute Gasteiger partial charge is 0.416 e. The SMILES string of the molecule is C[NH+](C)CC(C)(C)CNS(=O)(=O)c1cc(C(F)(F)F)cc(C(F)(F)F)c1. The number of alkyl halides is 6. The van der Waals surface area contributed by atoms with Gasteiger partial charge in [-0.05, 0) is 18.2 Å². The van der Waals surface area contributed by atoms with Gasteiger partial charge in [0.15, 0.2) is 0 Å². The van der Waals surface area contributed by atoms with E-state index in [1.807, 2.05) is 14.1 Å². The third-order valence-corrected chi connectivity index (χ3v) is 4.83. The van der Waals surface area contributed by atoms with Crippen molar-refractivity contribution in [2.45, 2.75) is 31.1 Å². The van der Waals surface area contributed by atoms with Gasteiger partial charge in [-0.25, -0.2) is 13.1 Å². The van der Waals surface area contributed by atoms with Crippen LogP contribution in [0.1, 0.15) is 25.0 Å². The molecule has 2 N–H and O–H groups in total. The summed E-state index contributed by atoms with van der Waals surface area (Å²) in [5.74, 6) is 0. The average Bonchev–Trinajstić information content (AvgIpc) is 2.42. The van der Waals surface area contributed by atoms with Crippen LogP contribution in [0, 0.1) is 5.41 Å². The van der Waals surface area contributed by atoms with E-state index in [1.165, 1.54) is 0 Å². The first-order chi connectivity index (χ1) is 11.4. The van der Waals surface area contributed by atoms with Crippen molar-refractivity contribution >= 4 is 10.0 Å². The summed E-state index contributed by atoms with van der Waals surface area (Å²) in [4.78, 5) is -0.0692. The third-order valence-electron chi connectivity index (χ3n) is 3.44. The van der Waals surface area contributed by atoms with Crippen LogP contribution < -0.4 is 9.62 Å². The monoisotopic (exact) mass is 407 g/mol. The van der Waals surface area contributed by atoms with E-state index in [0.29, 0.717) is 6.54 Å². The van der Waals surface area contributed by atoms with Crippen LogP contribution in [0.25, 0.3) is 0 Å². The van der Waals surface area contributed by atoms with E-state index in [1.54, 1.807) is 13.8 Å². The van der Waals surface area contributed by atoms with Gasteiger partial charge in [0.1, 0.15) is 0 Å². The summed E-state index contributed by atoms with van der Waals surface area (Å²) in [6.45, 7) is 3.86. The molecular weight excluding hydrogens is 386 g/mol. The second kappa shape index (κ2) is 7.35. The van der Waals surface area contributed by atoms with Crippen LogP contribution in [0.3, 0.4) is 0 Å². The van der Waals surface area contributed by atoms with Gasteiger partial charge >= 0.3 is 12.4 Å². The second-order valence-electron chi connectivity index (χ2n) is 7.11. The van der Waals surface area contributed by atoms with Crippen molar-refractivity contribution in [2.75, 3.05) is 27.2 Å². The molecule has 0 aliphatic heterocycles. The van der Waals surface area contributed by atoms with E-state index in [-0.39, 0.29) is 24.7 Å². The van der Waals surface area contributed by atoms with Crippen LogP contribution in [0.2, 0.25) is 0 Å². The molecule has 11 heteroatoms. The second-order valence-corrected chi connectivity index (χ2v) is 8.88. The van der Waals surface area contributed by atoms with Crippen molar-refractivity contribution in [2.24, 2.45) is 5.41 Å². The van der Waals surface area contributed by atoms with Crippen molar-refractivity contribution in [3.05, 3.63) is 29.3 Å². The molecule has 0 saturated carbocycles. The number of halogens is 6. The molecule has 0 unspecified atom stereocenters. The van der Waals surface area contributed by atoms with Gasteiger partial charge in [-0.2, -0.15) is 26.3 Å². The minimum absolute atomic E-state index is 0.113. The number of benzene rings is 1. The molecule has 26 heavy (non-hydrogen) atoms. The van der Waals surface area contributed by atoms with E-state index in [2.05, 4.69) is 4.72 Å². The van der Waals surface area contributed by atoms with Gasteiger partial charge in [0, 0.05) is 12.0 Å². The molecule has 0 bridgehead atoms. The molecule has 1 rings (SSSR count). The standard InChI is InChI=1S/C15H20F6N2O2S/c1-13(2,9-23(3)4)8-22-26(24,25)12-6-10(14(16,17)18)5-11(7-12)15(19,20)21/h5-7,22H,8-9H2,1-4H3/p+1. The molecule has 0 saturated heterocycles. The number of quaternary nitrogens is 1. The number of nitrogens with one attached hydrogen (secondary N) is 2. The Bertz CT molecular complexity index is 707. The summed E-state index contributed by atoms with van der Waals surface area (Å²) in [6, 6.07) is 0.280. The molecule has 1 aromatic rings. The summed E-state index contributed by atoms with van der Waals surface area (Å²) < 4.78 is 104. The maximum absolute atomic E-state index is 12.9. The molecule has 4 nitrogen and oxygen atoms in total. The van der Waals surface area contributed by atoms with E-state index in [9.17, 15) is 34.8 Å². The van der Waals surface area contributed by atoms with Crippen LogP contribution in [0.4, 0.5) is 26.3 Å². The third kappa shape index (κ3) is 6.44. The zero-order valence-corrected chi connectivity index (χ0v) is 15.5. The number of hydrogen-bond donors (Lipinski definition) is 2. The first kappa shape index (κ1) is 22.7. The molecule has 150 valence electrons. The maximum Gasteiger partial charge on any atom is 0.416 e. The lowest BCUT2D eigenvalue weighted by Gasteiger charge is -2.26. The molecule has 0 spiro atoms. The summed E-state index contributed by atoms with van der Waals surface area (Å²) >= 11 is 0. The molecule has 0 aliphatic rings. The van der Waals surface area contributed by atoms with E-state index in [4.69, 9.17) is 0 Å². The zero-order chi connectivity index (χ0) is 20.6. The minimum Gasteiger partial charge on any atom is -0.339 e. The summed E-state index contributed by atoms with van der Waals surface area (Å²) in [5, 5.41) is 0. The molecule has 0 radical (unpaired) electrons. The highest BCUT2D eigenvalue weighted by molar-refractivity contribution is 7.89. The number of hydrogen-bond acceptors (Lipinski definition) is 2. The predicted molar refractivity (Wildman–Crippen MR) is 83.1 cm³/mol. The molecule has 1 aromatic carbocycles. The van der Waals surface area contributed by atoms with Crippen LogP contribution in [-0.2, 0) is 22.4 Å². The number of sulfonamides is 1. The molecule has 0 fully saturated rings. The van der Waals surface area contributed by atoms with Gasteiger partial charge in [0.25, 0.3) is 0 Å². The topological polar surface area (TPSA) is 50.6 Å². The Morgan fingerprint density at radius 1 is 0.923 bits per heavy atom. The molecule has 0 amide bonds. The Labute approximate surface area is 148 Å². The molecule has 0 atom stereocenters. The van der Waals surface area contributed by atoms with Gasteiger partial charge in [0.05, 0.1) is 36.7 Å². The van der Waals surface area contributed by atoms with Crippen molar-refractivity contribution in [1.82, 2.24) is 4.72 Å². The van der Waals surface area contributed by atoms with Gasteiger partial charge < -0.3 is 4.90 Å². The molecular formula is C15H21F6N2O2S+. The lowest BCUT2D eigenvalue weighted by Crippen LogP contribution is -3.07. The number of rotatable bonds is 6. The van der Waals surface area contributed by atoms with Gasteiger partial charge in [-0.3, -0.25) is 0 Å². The molecule has 0 aromatic heterocycles. The lowest BCUT2D eigenvalue weighted by atomic mass is 9.93. The average molecular weight is 407 g/mol. The highest BCUT2D eigenvalue weighted by Gasteiger charge is 2.38. The molecule has 0 heterocycles. The van der Waals surface area contributed by atoms with Crippen molar-refractivity contribution in [3.8, 4) is 0 Å². The summed E-state index contributed by atoms with van der Waals surface area (Å²) in [6.07, 6.45) is -10.2. The highest BCUT2D eigenvalue weighted by Crippen LogP contribution is 2.37. The molecule has 0 aliphatic carbocycles. The van der Waals surface area contributed by atoms with Gasteiger partial charge in [0.2, 0.25) is 10.0 Å². The normalized spacial score (nSPS) is 14.1. The van der Waals surface area contributed by atoms with Crippen LogP contribution in [-0.4, -0.2) is 35.6 Å². The van der Waals surface area contributed by atoms with Crippen LogP contribution in [0.5, 0.6) is 0 Å². The lowest BCUT2D eigenvalue weighted by molar-refractivity contribution is -0.865. The van der Waals surface area contributed by atoms with Crippen LogP contribution in [0.15, 0.2) is 23.1 Å².